The lowest BCUT2D eigenvalue weighted by molar-refractivity contribution is -0.0437. The zero-order chi connectivity index (χ0) is 9.41. The third-order valence-electron chi connectivity index (χ3n) is 1.51. The van der Waals surface area contributed by atoms with E-state index in [0.29, 0.717) is 11.5 Å². The second-order valence-electron chi connectivity index (χ2n) is 2.63. The van der Waals surface area contributed by atoms with Crippen molar-refractivity contribution in [2.24, 2.45) is 5.92 Å². The van der Waals surface area contributed by atoms with Crippen LogP contribution in [0.15, 0.2) is 0 Å². The Morgan fingerprint density at radius 3 is 2.08 bits per heavy atom. The summed E-state index contributed by atoms with van der Waals surface area (Å²) in [5.74, 6) is -0.00433. The van der Waals surface area contributed by atoms with Crippen LogP contribution in [0.5, 0.6) is 0 Å². The molecule has 1 heterocycles. The fourth-order valence-corrected chi connectivity index (χ4v) is 2.93. The lowest BCUT2D eigenvalue weighted by Gasteiger charge is -2.24. The van der Waals surface area contributed by atoms with E-state index in [-0.39, 0.29) is 5.92 Å². The summed E-state index contributed by atoms with van der Waals surface area (Å²) in [6, 6.07) is 0. The van der Waals surface area contributed by atoms with Crippen LogP contribution in [0.4, 0.5) is 13.2 Å². The van der Waals surface area contributed by atoms with Crippen LogP contribution in [-0.4, -0.2) is 31.2 Å². The topological polar surface area (TPSA) is 34.1 Å². The van der Waals surface area contributed by atoms with E-state index in [0.717, 1.165) is 0 Å². The Hall–Kier alpha value is 0.0900. The predicted octanol–water partition coefficient (Wildman–Crippen LogP) is 1.28. The summed E-state index contributed by atoms with van der Waals surface area (Å²) in [6.45, 7) is 0. The average molecular weight is 220 g/mol. The molecule has 1 aliphatic rings. The van der Waals surface area contributed by atoms with Gasteiger partial charge in [0.15, 0.2) is 0 Å². The van der Waals surface area contributed by atoms with Gasteiger partial charge in [-0.3, -0.25) is 0 Å². The van der Waals surface area contributed by atoms with Gasteiger partial charge < -0.3 is 0 Å². The van der Waals surface area contributed by atoms with Crippen molar-refractivity contribution in [3.05, 3.63) is 0 Å². The van der Waals surface area contributed by atoms with Crippen molar-refractivity contribution in [2.45, 2.75) is 5.51 Å². The van der Waals surface area contributed by atoms with Crippen molar-refractivity contribution in [3.8, 4) is 0 Å². The lowest BCUT2D eigenvalue weighted by atomic mass is 10.2. The molecule has 1 rings (SSSR count). The molecule has 1 saturated heterocycles. The summed E-state index contributed by atoms with van der Waals surface area (Å²) >= 11 is 1.46. The zero-order valence-corrected chi connectivity index (χ0v) is 7.60. The quantitative estimate of drug-likeness (QED) is 0.703. The summed E-state index contributed by atoms with van der Waals surface area (Å²) < 4.78 is 56.3. The van der Waals surface area contributed by atoms with Crippen LogP contribution in [0.1, 0.15) is 0 Å². The van der Waals surface area contributed by atoms with E-state index >= 15 is 0 Å². The monoisotopic (exact) mass is 220 g/mol. The molecule has 0 bridgehead atoms. The van der Waals surface area contributed by atoms with E-state index in [9.17, 15) is 21.6 Å². The molecule has 0 radical (unpaired) electrons. The van der Waals surface area contributed by atoms with Gasteiger partial charge in [-0.15, -0.1) is 0 Å². The molecule has 0 aromatic heterocycles. The number of rotatable bonds is 2. The standard InChI is InChI=1S/C5H7F3O2S2/c6-5(7,8)12(9,10)3-4-1-11-2-4/h4H,1-3H2. The summed E-state index contributed by atoms with van der Waals surface area (Å²) in [5, 5.41) is 0. The number of sulfone groups is 1. The fourth-order valence-electron chi connectivity index (χ4n) is 0.786. The third-order valence-corrected chi connectivity index (χ3v) is 4.54. The zero-order valence-electron chi connectivity index (χ0n) is 5.97. The van der Waals surface area contributed by atoms with E-state index in [1.807, 2.05) is 0 Å². The second kappa shape index (κ2) is 3.10. The van der Waals surface area contributed by atoms with Crippen LogP contribution in [0.3, 0.4) is 0 Å². The van der Waals surface area contributed by atoms with Crippen LogP contribution in [0.2, 0.25) is 0 Å². The molecule has 0 spiro atoms. The van der Waals surface area contributed by atoms with Crippen molar-refractivity contribution >= 4 is 21.6 Å². The van der Waals surface area contributed by atoms with Gasteiger partial charge in [0.25, 0.3) is 0 Å². The molecule has 1 aliphatic heterocycles. The predicted molar refractivity (Wildman–Crippen MR) is 40.7 cm³/mol. The maximum absolute atomic E-state index is 11.8. The van der Waals surface area contributed by atoms with Gasteiger partial charge in [0.05, 0.1) is 5.75 Å². The van der Waals surface area contributed by atoms with Gasteiger partial charge in [0.1, 0.15) is 0 Å². The highest BCUT2D eigenvalue weighted by atomic mass is 32.2. The molecule has 0 amide bonds. The van der Waals surface area contributed by atoms with Crippen molar-refractivity contribution in [2.75, 3.05) is 17.3 Å². The number of thioether (sulfide) groups is 1. The number of hydrogen-bond acceptors (Lipinski definition) is 3. The summed E-state index contributed by atoms with van der Waals surface area (Å²) in [6.07, 6.45) is 0. The van der Waals surface area contributed by atoms with Gasteiger partial charge in [-0.25, -0.2) is 8.42 Å². The minimum Gasteiger partial charge on any atom is -0.220 e. The van der Waals surface area contributed by atoms with Crippen LogP contribution in [0, 0.1) is 5.92 Å². The molecule has 72 valence electrons. The summed E-state index contributed by atoms with van der Waals surface area (Å²) in [4.78, 5) is 0. The van der Waals surface area contributed by atoms with Gasteiger partial charge in [0.2, 0.25) is 9.84 Å². The maximum Gasteiger partial charge on any atom is 0.497 e. The highest BCUT2D eigenvalue weighted by Gasteiger charge is 2.47. The molecule has 1 fully saturated rings. The number of halogens is 3. The van der Waals surface area contributed by atoms with Gasteiger partial charge in [-0.1, -0.05) is 0 Å². The first kappa shape index (κ1) is 10.2. The Bertz CT molecular complexity index is 252. The molecule has 2 nitrogen and oxygen atoms in total. The summed E-state index contributed by atoms with van der Waals surface area (Å²) in [5.41, 5.74) is -5.08. The fraction of sp³-hybridized carbons (Fsp3) is 1.00. The van der Waals surface area contributed by atoms with Gasteiger partial charge in [-0.05, 0) is 17.4 Å². The lowest BCUT2D eigenvalue weighted by Crippen LogP contribution is -2.34. The van der Waals surface area contributed by atoms with Crippen LogP contribution >= 0.6 is 11.8 Å². The average Bonchev–Trinajstić information content (AvgIpc) is 1.76. The molecule has 0 aromatic rings. The van der Waals surface area contributed by atoms with E-state index < -0.39 is 21.1 Å². The van der Waals surface area contributed by atoms with Crippen LogP contribution in [0.25, 0.3) is 0 Å². The molecule has 7 heteroatoms. The normalized spacial score (nSPS) is 20.6. The van der Waals surface area contributed by atoms with E-state index in [1.165, 1.54) is 11.8 Å². The second-order valence-corrected chi connectivity index (χ2v) is 5.73. The molecule has 0 N–H and O–H groups in total. The molecular formula is C5H7F3O2S2. The largest absolute Gasteiger partial charge is 0.497 e. The molecular weight excluding hydrogens is 213 g/mol. The van der Waals surface area contributed by atoms with Gasteiger partial charge >= 0.3 is 5.51 Å². The van der Waals surface area contributed by atoms with Crippen molar-refractivity contribution in [1.29, 1.82) is 0 Å². The van der Waals surface area contributed by atoms with Crippen molar-refractivity contribution in [1.82, 2.24) is 0 Å². The molecule has 0 atom stereocenters. The molecule has 0 unspecified atom stereocenters. The van der Waals surface area contributed by atoms with Crippen molar-refractivity contribution < 1.29 is 21.6 Å². The minimum atomic E-state index is -5.08. The van der Waals surface area contributed by atoms with E-state index in [2.05, 4.69) is 0 Å². The Labute approximate surface area is 72.4 Å². The molecule has 0 saturated carbocycles. The number of hydrogen-bond donors (Lipinski definition) is 0. The smallest absolute Gasteiger partial charge is 0.220 e. The highest BCUT2D eigenvalue weighted by Crippen LogP contribution is 2.31. The Balaban J connectivity index is 2.60. The Morgan fingerprint density at radius 2 is 1.83 bits per heavy atom. The van der Waals surface area contributed by atoms with Gasteiger partial charge in [-0.2, -0.15) is 24.9 Å². The Kier molecular flexibility index (Phi) is 2.63. The maximum atomic E-state index is 11.8. The summed E-state index contributed by atoms with van der Waals surface area (Å²) in [7, 11) is -4.87. The molecule has 0 aromatic carbocycles. The van der Waals surface area contributed by atoms with E-state index in [1.54, 1.807) is 0 Å². The van der Waals surface area contributed by atoms with Crippen LogP contribution in [-0.2, 0) is 9.84 Å². The SMILES string of the molecule is O=S(=O)(CC1CSC1)C(F)(F)F. The molecule has 0 aliphatic carbocycles. The first-order valence-corrected chi connectivity index (χ1v) is 6.00. The van der Waals surface area contributed by atoms with Crippen molar-refractivity contribution in [3.63, 3.8) is 0 Å². The van der Waals surface area contributed by atoms with E-state index in [4.69, 9.17) is 0 Å². The minimum absolute atomic E-state index is 0.304. The molecule has 12 heavy (non-hydrogen) atoms. The first-order chi connectivity index (χ1) is 5.33. The van der Waals surface area contributed by atoms with Gasteiger partial charge in [0, 0.05) is 0 Å². The Morgan fingerprint density at radius 1 is 1.33 bits per heavy atom. The third kappa shape index (κ3) is 2.07. The van der Waals surface area contributed by atoms with Crippen LogP contribution < -0.4 is 0 Å². The first-order valence-electron chi connectivity index (χ1n) is 3.20. The number of alkyl halides is 3. The highest BCUT2D eigenvalue weighted by molar-refractivity contribution is 8.00.